The molecule has 0 radical (unpaired) electrons. The molecule has 5 heteroatoms. The first kappa shape index (κ1) is 12.4. The number of carbonyl (C=O) groups is 1. The lowest BCUT2D eigenvalue weighted by atomic mass is 10.3. The van der Waals surface area contributed by atoms with Crippen LogP contribution in [0.15, 0.2) is 41.3 Å². The maximum atomic E-state index is 11.2. The molecule has 86 valence electrons. The van der Waals surface area contributed by atoms with Crippen molar-refractivity contribution in [2.75, 3.05) is 11.6 Å². The van der Waals surface area contributed by atoms with Crippen LogP contribution in [-0.2, 0) is 14.6 Å². The van der Waals surface area contributed by atoms with Gasteiger partial charge in [0, 0.05) is 11.9 Å². The summed E-state index contributed by atoms with van der Waals surface area (Å²) in [6, 6.07) is 6.02. The van der Waals surface area contributed by atoms with E-state index in [1.54, 1.807) is 25.1 Å². The van der Waals surface area contributed by atoms with E-state index in [1.165, 1.54) is 18.2 Å². The van der Waals surface area contributed by atoms with Gasteiger partial charge in [0.15, 0.2) is 9.84 Å². The molecule has 0 aromatic heterocycles. The van der Waals surface area contributed by atoms with Gasteiger partial charge in [0.1, 0.15) is 0 Å². The Labute approximate surface area is 94.9 Å². The van der Waals surface area contributed by atoms with Crippen LogP contribution in [0.2, 0.25) is 0 Å². The summed E-state index contributed by atoms with van der Waals surface area (Å²) in [6.07, 6.45) is 4.16. The van der Waals surface area contributed by atoms with Gasteiger partial charge in [0.05, 0.1) is 4.90 Å². The number of hydrogen-bond acceptors (Lipinski definition) is 3. The molecule has 0 saturated carbocycles. The van der Waals surface area contributed by atoms with Gasteiger partial charge in [0.2, 0.25) is 5.91 Å². The highest BCUT2D eigenvalue weighted by molar-refractivity contribution is 7.90. The standard InChI is InChI=1S/C11H13NO3S/c1-3-4-11(13)12-9-5-7-10(8-6-9)16(2,14)15/h3-8H,1-2H3,(H,12,13). The lowest BCUT2D eigenvalue weighted by Gasteiger charge is -2.03. The van der Waals surface area contributed by atoms with Crippen LogP contribution in [0.4, 0.5) is 5.69 Å². The fourth-order valence-corrected chi connectivity index (χ4v) is 1.75. The minimum absolute atomic E-state index is 0.233. The Bertz CT molecular complexity index is 501. The number of hydrogen-bond donors (Lipinski definition) is 1. The lowest BCUT2D eigenvalue weighted by molar-refractivity contribution is -0.111. The zero-order chi connectivity index (χ0) is 12.2. The van der Waals surface area contributed by atoms with E-state index in [4.69, 9.17) is 0 Å². The maximum Gasteiger partial charge on any atom is 0.248 e. The second-order valence-corrected chi connectivity index (χ2v) is 5.30. The number of benzene rings is 1. The van der Waals surface area contributed by atoms with Crippen molar-refractivity contribution in [2.24, 2.45) is 0 Å². The quantitative estimate of drug-likeness (QED) is 0.815. The van der Waals surface area contributed by atoms with Gasteiger partial charge in [-0.15, -0.1) is 0 Å². The summed E-state index contributed by atoms with van der Waals surface area (Å²) >= 11 is 0. The van der Waals surface area contributed by atoms with E-state index in [1.807, 2.05) is 0 Å². The predicted molar refractivity (Wildman–Crippen MR) is 63.0 cm³/mol. The first-order valence-electron chi connectivity index (χ1n) is 4.67. The monoisotopic (exact) mass is 239 g/mol. The summed E-state index contributed by atoms with van der Waals surface area (Å²) in [5.74, 6) is -0.241. The molecule has 0 unspecified atom stereocenters. The molecule has 0 spiro atoms. The highest BCUT2D eigenvalue weighted by Gasteiger charge is 2.06. The van der Waals surface area contributed by atoms with Crippen LogP contribution in [0.3, 0.4) is 0 Å². The molecule has 0 atom stereocenters. The van der Waals surface area contributed by atoms with Gasteiger partial charge in [-0.05, 0) is 37.3 Å². The summed E-state index contributed by atoms with van der Waals surface area (Å²) in [5, 5.41) is 2.60. The molecule has 1 amide bonds. The Morgan fingerprint density at radius 3 is 2.25 bits per heavy atom. The Morgan fingerprint density at radius 1 is 1.25 bits per heavy atom. The molecule has 1 aromatic rings. The second kappa shape index (κ2) is 4.94. The molecule has 0 saturated heterocycles. The minimum atomic E-state index is -3.18. The largest absolute Gasteiger partial charge is 0.323 e. The van der Waals surface area contributed by atoms with Crippen molar-refractivity contribution >= 4 is 21.4 Å². The molecule has 16 heavy (non-hydrogen) atoms. The average Bonchev–Trinajstić information content (AvgIpc) is 2.17. The predicted octanol–water partition coefficient (Wildman–Crippen LogP) is 1.60. The van der Waals surface area contributed by atoms with Crippen molar-refractivity contribution in [3.63, 3.8) is 0 Å². The SMILES string of the molecule is CC=CC(=O)Nc1ccc(S(C)(=O)=O)cc1. The van der Waals surface area contributed by atoms with Gasteiger partial charge in [0.25, 0.3) is 0 Å². The van der Waals surface area contributed by atoms with Crippen molar-refractivity contribution in [1.82, 2.24) is 0 Å². The number of carbonyl (C=O) groups excluding carboxylic acids is 1. The molecule has 4 nitrogen and oxygen atoms in total. The minimum Gasteiger partial charge on any atom is -0.323 e. The first-order valence-corrected chi connectivity index (χ1v) is 6.56. The lowest BCUT2D eigenvalue weighted by Crippen LogP contribution is -2.07. The Kier molecular flexibility index (Phi) is 3.84. The van der Waals surface area contributed by atoms with Crippen molar-refractivity contribution in [2.45, 2.75) is 11.8 Å². The number of anilines is 1. The van der Waals surface area contributed by atoms with Crippen molar-refractivity contribution in [3.8, 4) is 0 Å². The van der Waals surface area contributed by atoms with Crippen LogP contribution in [0.25, 0.3) is 0 Å². The number of nitrogens with one attached hydrogen (secondary N) is 1. The molecular formula is C11H13NO3S. The summed E-state index contributed by atoms with van der Waals surface area (Å²) in [7, 11) is -3.18. The van der Waals surface area contributed by atoms with Crippen molar-refractivity contribution in [3.05, 3.63) is 36.4 Å². The third-order valence-corrected chi connectivity index (χ3v) is 3.00. The second-order valence-electron chi connectivity index (χ2n) is 3.29. The van der Waals surface area contributed by atoms with Gasteiger partial charge >= 0.3 is 0 Å². The van der Waals surface area contributed by atoms with E-state index in [0.29, 0.717) is 5.69 Å². The van der Waals surface area contributed by atoms with Crippen LogP contribution in [0, 0.1) is 0 Å². The molecule has 0 bridgehead atoms. The van der Waals surface area contributed by atoms with Gasteiger partial charge < -0.3 is 5.32 Å². The van der Waals surface area contributed by atoms with Crippen LogP contribution in [-0.4, -0.2) is 20.6 Å². The molecule has 0 aliphatic rings. The summed E-state index contributed by atoms with van der Waals surface area (Å²) < 4.78 is 22.3. The van der Waals surface area contributed by atoms with Crippen molar-refractivity contribution in [1.29, 1.82) is 0 Å². The molecule has 0 aliphatic carbocycles. The number of amides is 1. The van der Waals surface area contributed by atoms with E-state index in [0.717, 1.165) is 6.26 Å². The maximum absolute atomic E-state index is 11.2. The summed E-state index contributed by atoms with van der Waals surface area (Å²) in [4.78, 5) is 11.4. The van der Waals surface area contributed by atoms with Crippen LogP contribution in [0.1, 0.15) is 6.92 Å². The van der Waals surface area contributed by atoms with Crippen LogP contribution in [0.5, 0.6) is 0 Å². The molecular weight excluding hydrogens is 226 g/mol. The van der Waals surface area contributed by atoms with E-state index in [-0.39, 0.29) is 10.8 Å². The molecule has 1 N–H and O–H groups in total. The van der Waals surface area contributed by atoms with Crippen LogP contribution < -0.4 is 5.32 Å². The van der Waals surface area contributed by atoms with Gasteiger partial charge in [-0.2, -0.15) is 0 Å². The third-order valence-electron chi connectivity index (χ3n) is 1.87. The Morgan fingerprint density at radius 2 is 1.81 bits per heavy atom. The van der Waals surface area contributed by atoms with Gasteiger partial charge in [-0.25, -0.2) is 8.42 Å². The first-order chi connectivity index (χ1) is 7.43. The fraction of sp³-hybridized carbons (Fsp3) is 0.182. The fourth-order valence-electron chi connectivity index (χ4n) is 1.12. The van der Waals surface area contributed by atoms with E-state index in [9.17, 15) is 13.2 Å². The van der Waals surface area contributed by atoms with Gasteiger partial charge in [-0.3, -0.25) is 4.79 Å². The number of rotatable bonds is 3. The smallest absolute Gasteiger partial charge is 0.248 e. The van der Waals surface area contributed by atoms with E-state index < -0.39 is 9.84 Å². The highest BCUT2D eigenvalue weighted by Crippen LogP contribution is 2.13. The molecule has 0 heterocycles. The Balaban J connectivity index is 2.84. The summed E-state index contributed by atoms with van der Waals surface area (Å²) in [6.45, 7) is 1.74. The van der Waals surface area contributed by atoms with Crippen molar-refractivity contribution < 1.29 is 13.2 Å². The zero-order valence-corrected chi connectivity index (χ0v) is 9.91. The topological polar surface area (TPSA) is 63.2 Å². The molecule has 0 fully saturated rings. The van der Waals surface area contributed by atoms with E-state index in [2.05, 4.69) is 5.32 Å². The van der Waals surface area contributed by atoms with Gasteiger partial charge in [-0.1, -0.05) is 6.08 Å². The van der Waals surface area contributed by atoms with E-state index >= 15 is 0 Å². The zero-order valence-electron chi connectivity index (χ0n) is 9.10. The molecule has 1 aromatic carbocycles. The average molecular weight is 239 g/mol. The number of allylic oxidation sites excluding steroid dienone is 1. The molecule has 0 aliphatic heterocycles. The third kappa shape index (κ3) is 3.51. The van der Waals surface area contributed by atoms with Crippen LogP contribution >= 0.6 is 0 Å². The summed E-state index contributed by atoms with van der Waals surface area (Å²) in [5.41, 5.74) is 0.565. The number of sulfone groups is 1. The highest BCUT2D eigenvalue weighted by atomic mass is 32.2. The Hall–Kier alpha value is -1.62. The normalized spacial score (nSPS) is 11.6. The molecule has 1 rings (SSSR count).